The van der Waals surface area contributed by atoms with Gasteiger partial charge in [0.05, 0.1) is 0 Å². The molecule has 2 atom stereocenters. The van der Waals surface area contributed by atoms with Crippen LogP contribution in [-0.4, -0.2) is 91.4 Å². The molecule has 25 heavy (non-hydrogen) atoms. The van der Waals surface area contributed by atoms with Gasteiger partial charge in [0.2, 0.25) is 0 Å². The minimum Gasteiger partial charge on any atom is -0.491 e. The van der Waals surface area contributed by atoms with E-state index in [4.69, 9.17) is 4.74 Å². The third-order valence-corrected chi connectivity index (χ3v) is 5.52. The van der Waals surface area contributed by atoms with Crippen molar-refractivity contribution in [3.05, 3.63) is 29.8 Å². The van der Waals surface area contributed by atoms with E-state index < -0.39 is 6.10 Å². The Balaban J connectivity index is 1.37. The van der Waals surface area contributed by atoms with Gasteiger partial charge in [-0.3, -0.25) is 9.80 Å². The Bertz CT molecular complexity index is 531. The van der Waals surface area contributed by atoms with E-state index in [1.54, 1.807) is 0 Å². The van der Waals surface area contributed by atoms with E-state index in [-0.39, 0.29) is 0 Å². The largest absolute Gasteiger partial charge is 0.491 e. The zero-order chi connectivity index (χ0) is 17.6. The van der Waals surface area contributed by atoms with E-state index in [0.717, 1.165) is 43.5 Å². The number of benzene rings is 1. The number of likely N-dealkylation sites (tertiary alicyclic amines) is 1. The van der Waals surface area contributed by atoms with Crippen LogP contribution in [0.4, 0.5) is 0 Å². The molecule has 2 saturated heterocycles. The first-order valence-corrected chi connectivity index (χ1v) is 9.63. The van der Waals surface area contributed by atoms with Crippen molar-refractivity contribution in [2.45, 2.75) is 31.9 Å². The van der Waals surface area contributed by atoms with Gasteiger partial charge in [0.15, 0.2) is 0 Å². The SMILES string of the molecule is Cc1ccccc1OCC(O)CN1CCN(C2CCCN(C)C2)CC1. The molecule has 5 nitrogen and oxygen atoms in total. The summed E-state index contributed by atoms with van der Waals surface area (Å²) in [6.45, 7) is 9.85. The Labute approximate surface area is 152 Å². The molecule has 3 rings (SSSR count). The van der Waals surface area contributed by atoms with Gasteiger partial charge in [-0.15, -0.1) is 0 Å². The molecule has 1 aromatic rings. The maximum Gasteiger partial charge on any atom is 0.122 e. The Kier molecular flexibility index (Phi) is 6.70. The van der Waals surface area contributed by atoms with Gasteiger partial charge in [0.25, 0.3) is 0 Å². The van der Waals surface area contributed by atoms with Gasteiger partial charge in [-0.2, -0.15) is 0 Å². The number of piperazine rings is 1. The van der Waals surface area contributed by atoms with Crippen molar-refractivity contribution in [2.24, 2.45) is 0 Å². The normalized spacial score (nSPS) is 25.0. The Morgan fingerprint density at radius 2 is 1.92 bits per heavy atom. The molecule has 0 aromatic heterocycles. The van der Waals surface area contributed by atoms with Gasteiger partial charge in [-0.25, -0.2) is 0 Å². The maximum absolute atomic E-state index is 10.3. The summed E-state index contributed by atoms with van der Waals surface area (Å²) in [6, 6.07) is 8.68. The summed E-state index contributed by atoms with van der Waals surface area (Å²) < 4.78 is 5.78. The summed E-state index contributed by atoms with van der Waals surface area (Å²) in [4.78, 5) is 7.46. The molecule has 0 aliphatic carbocycles. The molecule has 0 radical (unpaired) electrons. The first-order chi connectivity index (χ1) is 12.1. The number of ether oxygens (including phenoxy) is 1. The molecule has 2 aliphatic heterocycles. The summed E-state index contributed by atoms with van der Waals surface area (Å²) in [7, 11) is 2.23. The monoisotopic (exact) mass is 347 g/mol. The van der Waals surface area contributed by atoms with Gasteiger partial charge in [0, 0.05) is 45.3 Å². The third kappa shape index (κ3) is 5.42. The second-order valence-electron chi connectivity index (χ2n) is 7.63. The molecule has 5 heteroatoms. The average molecular weight is 348 g/mol. The number of aryl methyl sites for hydroxylation is 1. The number of aliphatic hydroxyl groups excluding tert-OH is 1. The standard InChI is InChI=1S/C20H33N3O2/c1-17-6-3-4-8-20(17)25-16-19(24)15-22-10-12-23(13-11-22)18-7-5-9-21(2)14-18/h3-4,6,8,18-19,24H,5,7,9-16H2,1-2H3. The van der Waals surface area contributed by atoms with E-state index in [2.05, 4.69) is 21.7 Å². The Morgan fingerprint density at radius 1 is 1.16 bits per heavy atom. The molecular formula is C20H33N3O2. The number of β-amino-alcohol motifs (C(OH)–C–C–N with tert-alkyl or cyclic N) is 1. The van der Waals surface area contributed by atoms with Crippen molar-refractivity contribution < 1.29 is 9.84 Å². The summed E-state index contributed by atoms with van der Waals surface area (Å²) in [5, 5.41) is 10.3. The van der Waals surface area contributed by atoms with Crippen LogP contribution >= 0.6 is 0 Å². The van der Waals surface area contributed by atoms with E-state index in [0.29, 0.717) is 13.2 Å². The molecular weight excluding hydrogens is 314 g/mol. The van der Waals surface area contributed by atoms with Crippen molar-refractivity contribution >= 4 is 0 Å². The van der Waals surface area contributed by atoms with Crippen LogP contribution in [0.2, 0.25) is 0 Å². The number of hydrogen-bond acceptors (Lipinski definition) is 5. The minimum atomic E-state index is -0.438. The average Bonchev–Trinajstić information content (AvgIpc) is 2.62. The van der Waals surface area contributed by atoms with Crippen molar-refractivity contribution in [2.75, 3.05) is 59.5 Å². The van der Waals surface area contributed by atoms with Crippen LogP contribution in [-0.2, 0) is 0 Å². The number of piperidine rings is 1. The number of likely N-dealkylation sites (N-methyl/N-ethyl adjacent to an activating group) is 1. The van der Waals surface area contributed by atoms with Gasteiger partial charge in [-0.1, -0.05) is 18.2 Å². The summed E-state index contributed by atoms with van der Waals surface area (Å²) in [6.07, 6.45) is 2.21. The molecule has 0 amide bonds. The molecule has 1 aromatic carbocycles. The quantitative estimate of drug-likeness (QED) is 0.843. The smallest absolute Gasteiger partial charge is 0.122 e. The first-order valence-electron chi connectivity index (χ1n) is 9.63. The lowest BCUT2D eigenvalue weighted by molar-refractivity contribution is 0.0246. The molecule has 2 unspecified atom stereocenters. The zero-order valence-electron chi connectivity index (χ0n) is 15.7. The fourth-order valence-corrected chi connectivity index (χ4v) is 4.00. The number of nitrogens with zero attached hydrogens (tertiary/aromatic N) is 3. The summed E-state index contributed by atoms with van der Waals surface area (Å²) in [5.41, 5.74) is 1.11. The predicted molar refractivity (Wildman–Crippen MR) is 101 cm³/mol. The second kappa shape index (κ2) is 8.99. The highest BCUT2D eigenvalue weighted by Gasteiger charge is 2.27. The van der Waals surface area contributed by atoms with Crippen LogP contribution in [0.1, 0.15) is 18.4 Å². The van der Waals surface area contributed by atoms with Crippen molar-refractivity contribution in [1.82, 2.24) is 14.7 Å². The van der Waals surface area contributed by atoms with E-state index >= 15 is 0 Å². The van der Waals surface area contributed by atoms with Crippen molar-refractivity contribution in [3.63, 3.8) is 0 Å². The van der Waals surface area contributed by atoms with Gasteiger partial charge in [0.1, 0.15) is 18.5 Å². The van der Waals surface area contributed by atoms with E-state index in [1.165, 1.54) is 25.9 Å². The van der Waals surface area contributed by atoms with E-state index in [9.17, 15) is 5.11 Å². The topological polar surface area (TPSA) is 39.2 Å². The molecule has 0 spiro atoms. The number of para-hydroxylation sites is 1. The molecule has 140 valence electrons. The molecule has 2 aliphatic rings. The van der Waals surface area contributed by atoms with Crippen LogP contribution in [0.5, 0.6) is 5.75 Å². The Hall–Kier alpha value is -1.14. The molecule has 0 saturated carbocycles. The second-order valence-corrected chi connectivity index (χ2v) is 7.63. The fourth-order valence-electron chi connectivity index (χ4n) is 4.00. The van der Waals surface area contributed by atoms with Gasteiger partial charge in [-0.05, 0) is 45.0 Å². The molecule has 0 bridgehead atoms. The molecule has 2 heterocycles. The number of rotatable bonds is 6. The summed E-state index contributed by atoms with van der Waals surface area (Å²) in [5.74, 6) is 0.868. The zero-order valence-corrected chi connectivity index (χ0v) is 15.7. The lowest BCUT2D eigenvalue weighted by Crippen LogP contribution is -2.55. The predicted octanol–water partition coefficient (Wildman–Crippen LogP) is 1.45. The van der Waals surface area contributed by atoms with Crippen LogP contribution in [0.25, 0.3) is 0 Å². The van der Waals surface area contributed by atoms with E-state index in [1.807, 2.05) is 31.2 Å². The lowest BCUT2D eigenvalue weighted by atomic mass is 10.0. The first kappa shape index (κ1) is 18.6. The third-order valence-electron chi connectivity index (χ3n) is 5.52. The number of aliphatic hydroxyl groups is 1. The van der Waals surface area contributed by atoms with Crippen LogP contribution < -0.4 is 4.74 Å². The maximum atomic E-state index is 10.3. The van der Waals surface area contributed by atoms with Crippen LogP contribution in [0.15, 0.2) is 24.3 Å². The van der Waals surface area contributed by atoms with Gasteiger partial charge < -0.3 is 14.7 Å². The van der Waals surface area contributed by atoms with Crippen molar-refractivity contribution in [3.8, 4) is 5.75 Å². The highest BCUT2D eigenvalue weighted by molar-refractivity contribution is 5.31. The molecule has 1 N–H and O–H groups in total. The summed E-state index contributed by atoms with van der Waals surface area (Å²) >= 11 is 0. The van der Waals surface area contributed by atoms with Crippen molar-refractivity contribution in [1.29, 1.82) is 0 Å². The van der Waals surface area contributed by atoms with Gasteiger partial charge >= 0.3 is 0 Å². The van der Waals surface area contributed by atoms with Crippen LogP contribution in [0.3, 0.4) is 0 Å². The minimum absolute atomic E-state index is 0.360. The fraction of sp³-hybridized carbons (Fsp3) is 0.700. The van der Waals surface area contributed by atoms with Crippen LogP contribution in [0, 0.1) is 6.92 Å². The highest BCUT2D eigenvalue weighted by Crippen LogP contribution is 2.18. The number of hydrogen-bond donors (Lipinski definition) is 1. The lowest BCUT2D eigenvalue weighted by Gasteiger charge is -2.43. The Morgan fingerprint density at radius 3 is 2.64 bits per heavy atom. The molecule has 2 fully saturated rings. The highest BCUT2D eigenvalue weighted by atomic mass is 16.5.